The Hall–Kier alpha value is -2.81. The van der Waals surface area contributed by atoms with Crippen molar-refractivity contribution in [1.29, 1.82) is 0 Å². The smallest absolute Gasteiger partial charge is 0.327 e. The first-order valence-electron chi connectivity index (χ1n) is 10.5. The molecule has 0 saturated carbocycles. The van der Waals surface area contributed by atoms with Crippen LogP contribution in [0.3, 0.4) is 0 Å². The van der Waals surface area contributed by atoms with Crippen LogP contribution >= 0.6 is 11.3 Å². The molecule has 3 aromatic rings. The number of nitrogens with zero attached hydrogens (tertiary/aromatic N) is 4. The number of hydrogen-bond donors (Lipinski definition) is 1. The Labute approximate surface area is 185 Å². The summed E-state index contributed by atoms with van der Waals surface area (Å²) in [5.74, 6) is 0.670. The fourth-order valence-corrected chi connectivity index (χ4v) is 5.14. The van der Waals surface area contributed by atoms with Crippen LogP contribution in [0.4, 0.5) is 16.3 Å². The number of benzene rings is 1. The number of likely N-dealkylation sites (tertiary alicyclic amines) is 1. The Morgan fingerprint density at radius 3 is 2.97 bits per heavy atom. The monoisotopic (exact) mass is 435 g/mol. The minimum atomic E-state index is -0.144. The maximum Gasteiger partial charge on any atom is 0.327 e. The summed E-state index contributed by atoms with van der Waals surface area (Å²) in [6, 6.07) is 10.6. The minimum Gasteiger partial charge on any atom is -0.383 e. The lowest BCUT2D eigenvalue weighted by Gasteiger charge is -2.29. The zero-order chi connectivity index (χ0) is 21.2. The van der Waals surface area contributed by atoms with Crippen LogP contribution in [0.1, 0.15) is 24.0 Å². The molecule has 1 atom stereocenters. The van der Waals surface area contributed by atoms with Gasteiger partial charge in [-0.3, -0.25) is 14.8 Å². The van der Waals surface area contributed by atoms with Crippen LogP contribution in [0, 0.1) is 0 Å². The molecular formula is C23H25N5O2S. The van der Waals surface area contributed by atoms with Crippen molar-refractivity contribution in [3.05, 3.63) is 59.2 Å². The summed E-state index contributed by atoms with van der Waals surface area (Å²) in [6.07, 6.45) is 5.88. The molecule has 1 N–H and O–H groups in total. The zero-order valence-electron chi connectivity index (χ0n) is 17.5. The van der Waals surface area contributed by atoms with Gasteiger partial charge < -0.3 is 10.1 Å². The first-order valence-corrected chi connectivity index (χ1v) is 11.4. The summed E-state index contributed by atoms with van der Waals surface area (Å²) >= 11 is 1.53. The molecule has 0 bridgehead atoms. The number of thiazole rings is 1. The standard InChI is InChI=1S/C23H25N5O2S/c1-30-14-19-3-2-10-27(19)12-16-4-5-18-13-28(23(29)25-20(18)11-16)21-15-31-22(26-21)17-6-8-24-9-7-17/h4-9,11,15,19H,2-3,10,12-14H2,1H3,(H,25,29)/t19-/m0/s1. The topological polar surface area (TPSA) is 70.6 Å². The number of methoxy groups -OCH3 is 1. The van der Waals surface area contributed by atoms with Crippen LogP contribution in [-0.4, -0.2) is 47.2 Å². The number of amides is 2. The van der Waals surface area contributed by atoms with E-state index in [9.17, 15) is 4.79 Å². The second kappa shape index (κ2) is 8.74. The number of hydrogen-bond acceptors (Lipinski definition) is 6. The van der Waals surface area contributed by atoms with Crippen molar-refractivity contribution in [1.82, 2.24) is 14.9 Å². The molecule has 2 amide bonds. The maximum atomic E-state index is 12.8. The Bertz CT molecular complexity index is 1070. The van der Waals surface area contributed by atoms with Crippen molar-refractivity contribution < 1.29 is 9.53 Å². The van der Waals surface area contributed by atoms with E-state index in [1.807, 2.05) is 17.5 Å². The van der Waals surface area contributed by atoms with Gasteiger partial charge in [-0.1, -0.05) is 12.1 Å². The Morgan fingerprint density at radius 1 is 1.26 bits per heavy atom. The lowest BCUT2D eigenvalue weighted by Crippen LogP contribution is -2.39. The van der Waals surface area contributed by atoms with Crippen molar-refractivity contribution in [3.63, 3.8) is 0 Å². The van der Waals surface area contributed by atoms with Gasteiger partial charge in [0.2, 0.25) is 0 Å². The first-order chi connectivity index (χ1) is 15.2. The number of anilines is 2. The second-order valence-electron chi connectivity index (χ2n) is 7.98. The van der Waals surface area contributed by atoms with Crippen molar-refractivity contribution in [3.8, 4) is 10.6 Å². The number of carbonyl (C=O) groups is 1. The van der Waals surface area contributed by atoms with E-state index in [4.69, 9.17) is 4.74 Å². The van der Waals surface area contributed by atoms with Gasteiger partial charge in [0.15, 0.2) is 0 Å². The second-order valence-corrected chi connectivity index (χ2v) is 8.83. The van der Waals surface area contributed by atoms with Gasteiger partial charge in [0.1, 0.15) is 10.8 Å². The van der Waals surface area contributed by atoms with E-state index in [0.717, 1.165) is 41.5 Å². The predicted octanol–water partition coefficient (Wildman–Crippen LogP) is 4.37. The van der Waals surface area contributed by atoms with E-state index in [0.29, 0.717) is 18.4 Å². The minimum absolute atomic E-state index is 0.144. The fourth-order valence-electron chi connectivity index (χ4n) is 4.32. The average Bonchev–Trinajstić information content (AvgIpc) is 3.44. The largest absolute Gasteiger partial charge is 0.383 e. The number of fused-ring (bicyclic) bond motifs is 1. The molecule has 0 unspecified atom stereocenters. The van der Waals surface area contributed by atoms with E-state index in [1.165, 1.54) is 29.7 Å². The molecule has 2 aromatic heterocycles. The number of ether oxygens (including phenoxy) is 1. The highest BCUT2D eigenvalue weighted by Gasteiger charge is 2.28. The quantitative estimate of drug-likeness (QED) is 0.623. The third-order valence-electron chi connectivity index (χ3n) is 5.93. The molecule has 0 spiro atoms. The lowest BCUT2D eigenvalue weighted by atomic mass is 10.1. The van der Waals surface area contributed by atoms with Gasteiger partial charge in [0, 0.05) is 48.7 Å². The normalized spacial score (nSPS) is 18.8. The molecule has 160 valence electrons. The van der Waals surface area contributed by atoms with Crippen LogP contribution in [0.25, 0.3) is 10.6 Å². The van der Waals surface area contributed by atoms with Crippen molar-refractivity contribution in [2.75, 3.05) is 30.5 Å². The fraction of sp³-hybridized carbons (Fsp3) is 0.348. The van der Waals surface area contributed by atoms with E-state index in [1.54, 1.807) is 24.4 Å². The van der Waals surface area contributed by atoms with Crippen LogP contribution in [0.5, 0.6) is 0 Å². The van der Waals surface area contributed by atoms with Crippen molar-refractivity contribution in [2.24, 2.45) is 0 Å². The number of urea groups is 1. The SMILES string of the molecule is COC[C@@H]1CCCN1Cc1ccc2c(c1)NC(=O)N(c1csc(-c3ccncc3)n1)C2. The maximum absolute atomic E-state index is 12.8. The van der Waals surface area contributed by atoms with Gasteiger partial charge in [0.05, 0.1) is 13.2 Å². The molecule has 2 aliphatic rings. The summed E-state index contributed by atoms with van der Waals surface area (Å²) in [5.41, 5.74) is 4.20. The highest BCUT2D eigenvalue weighted by atomic mass is 32.1. The zero-order valence-corrected chi connectivity index (χ0v) is 18.3. The van der Waals surface area contributed by atoms with Crippen molar-refractivity contribution in [2.45, 2.75) is 32.0 Å². The molecule has 1 aromatic carbocycles. The molecule has 4 heterocycles. The molecule has 8 heteroatoms. The highest BCUT2D eigenvalue weighted by Crippen LogP contribution is 2.32. The summed E-state index contributed by atoms with van der Waals surface area (Å²) in [6.45, 7) is 3.25. The van der Waals surface area contributed by atoms with Crippen LogP contribution in [0.2, 0.25) is 0 Å². The van der Waals surface area contributed by atoms with Crippen LogP contribution in [-0.2, 0) is 17.8 Å². The molecule has 5 rings (SSSR count). The first kappa shape index (κ1) is 20.1. The van der Waals surface area contributed by atoms with Gasteiger partial charge in [-0.2, -0.15) is 0 Å². The van der Waals surface area contributed by atoms with Crippen LogP contribution in [0.15, 0.2) is 48.1 Å². The molecule has 31 heavy (non-hydrogen) atoms. The molecular weight excluding hydrogens is 410 g/mol. The van der Waals surface area contributed by atoms with Gasteiger partial charge in [-0.05, 0) is 48.7 Å². The Morgan fingerprint density at radius 2 is 2.13 bits per heavy atom. The van der Waals surface area contributed by atoms with Gasteiger partial charge in [-0.15, -0.1) is 11.3 Å². The third-order valence-corrected chi connectivity index (χ3v) is 6.81. The lowest BCUT2D eigenvalue weighted by molar-refractivity contribution is 0.112. The van der Waals surface area contributed by atoms with Gasteiger partial charge >= 0.3 is 6.03 Å². The van der Waals surface area contributed by atoms with Crippen LogP contribution < -0.4 is 10.2 Å². The molecule has 0 radical (unpaired) electrons. The molecule has 0 aliphatic carbocycles. The molecule has 2 aliphatic heterocycles. The number of rotatable bonds is 6. The van der Waals surface area contributed by atoms with E-state index >= 15 is 0 Å². The summed E-state index contributed by atoms with van der Waals surface area (Å²) in [7, 11) is 1.76. The Kier molecular flexibility index (Phi) is 5.67. The summed E-state index contributed by atoms with van der Waals surface area (Å²) in [5, 5.41) is 5.86. The molecule has 7 nitrogen and oxygen atoms in total. The van der Waals surface area contributed by atoms with Crippen molar-refractivity contribution >= 4 is 28.9 Å². The number of carbonyl (C=O) groups excluding carboxylic acids is 1. The number of nitrogens with one attached hydrogen (secondary N) is 1. The molecule has 1 saturated heterocycles. The van der Waals surface area contributed by atoms with Gasteiger partial charge in [-0.25, -0.2) is 9.78 Å². The molecule has 1 fully saturated rings. The van der Waals surface area contributed by atoms with E-state index < -0.39 is 0 Å². The third kappa shape index (κ3) is 4.19. The van der Waals surface area contributed by atoms with E-state index in [2.05, 4.69) is 38.4 Å². The summed E-state index contributed by atoms with van der Waals surface area (Å²) in [4.78, 5) is 25.7. The predicted molar refractivity (Wildman–Crippen MR) is 122 cm³/mol. The Balaban J connectivity index is 1.31. The van der Waals surface area contributed by atoms with E-state index in [-0.39, 0.29) is 6.03 Å². The average molecular weight is 436 g/mol. The summed E-state index contributed by atoms with van der Waals surface area (Å²) < 4.78 is 5.37. The number of aromatic nitrogens is 2. The highest BCUT2D eigenvalue weighted by molar-refractivity contribution is 7.13. The van der Waals surface area contributed by atoms with Gasteiger partial charge in [0.25, 0.3) is 0 Å². The number of pyridine rings is 1.